The molecule has 1 aromatic carbocycles. The van der Waals surface area contributed by atoms with Crippen LogP contribution < -0.4 is 10.6 Å². The van der Waals surface area contributed by atoms with Gasteiger partial charge in [-0.25, -0.2) is 0 Å². The van der Waals surface area contributed by atoms with Gasteiger partial charge in [-0.15, -0.1) is 12.4 Å². The fourth-order valence-corrected chi connectivity index (χ4v) is 3.55. The van der Waals surface area contributed by atoms with Crippen LogP contribution >= 0.6 is 12.4 Å². The maximum atomic E-state index is 12.7. The van der Waals surface area contributed by atoms with Crippen LogP contribution in [0.3, 0.4) is 0 Å². The number of carbonyl (C=O) groups is 2. The van der Waals surface area contributed by atoms with E-state index < -0.39 is 0 Å². The van der Waals surface area contributed by atoms with E-state index in [2.05, 4.69) is 10.6 Å². The first kappa shape index (κ1) is 19.7. The molecule has 2 saturated heterocycles. The van der Waals surface area contributed by atoms with Crippen molar-refractivity contribution >= 4 is 29.9 Å². The van der Waals surface area contributed by atoms with Crippen LogP contribution in [0.15, 0.2) is 24.3 Å². The number of benzene rings is 1. The summed E-state index contributed by atoms with van der Waals surface area (Å²) < 4.78 is 0. The Balaban J connectivity index is 0.00000225. The van der Waals surface area contributed by atoms with Gasteiger partial charge in [0.2, 0.25) is 5.91 Å². The van der Waals surface area contributed by atoms with E-state index in [0.29, 0.717) is 23.6 Å². The largest absolute Gasteiger partial charge is 0.339 e. The van der Waals surface area contributed by atoms with E-state index in [1.165, 1.54) is 6.42 Å². The molecule has 1 aromatic rings. The molecule has 2 N–H and O–H groups in total. The van der Waals surface area contributed by atoms with E-state index in [9.17, 15) is 9.59 Å². The number of amides is 2. The molecule has 0 radical (unpaired) electrons. The van der Waals surface area contributed by atoms with Crippen molar-refractivity contribution in [3.8, 4) is 0 Å². The van der Waals surface area contributed by atoms with Crippen LogP contribution in [0.5, 0.6) is 0 Å². The first-order valence-electron chi connectivity index (χ1n) is 9.13. The van der Waals surface area contributed by atoms with Crippen molar-refractivity contribution in [2.45, 2.75) is 38.5 Å². The summed E-state index contributed by atoms with van der Waals surface area (Å²) in [6.07, 6.45) is 5.89. The summed E-state index contributed by atoms with van der Waals surface area (Å²) >= 11 is 0. The second-order valence-electron chi connectivity index (χ2n) is 6.84. The van der Waals surface area contributed by atoms with Crippen LogP contribution in [-0.4, -0.2) is 42.9 Å². The molecule has 5 nitrogen and oxygen atoms in total. The van der Waals surface area contributed by atoms with Gasteiger partial charge < -0.3 is 15.5 Å². The number of piperidine rings is 1. The highest BCUT2D eigenvalue weighted by molar-refractivity contribution is 6.03. The number of likely N-dealkylation sites (tertiary alicyclic amines) is 1. The van der Waals surface area contributed by atoms with Gasteiger partial charge in [-0.2, -0.15) is 0 Å². The molecule has 0 saturated carbocycles. The van der Waals surface area contributed by atoms with Gasteiger partial charge in [0.05, 0.1) is 11.3 Å². The number of para-hydroxylation sites is 1. The molecule has 6 heteroatoms. The number of nitrogens with zero attached hydrogens (tertiary/aromatic N) is 1. The molecule has 0 spiro atoms. The molecule has 25 heavy (non-hydrogen) atoms. The standard InChI is InChI=1S/C19H27N3O2.ClH/c23-18(9-8-15-10-11-20-14-15)21-17-7-3-2-6-16(17)19(24)22-12-4-1-5-13-22;/h2-3,6-7,15,20H,1,4-5,8-14H2,(H,21,23);1H. The lowest BCUT2D eigenvalue weighted by atomic mass is 10.0. The predicted molar refractivity (Wildman–Crippen MR) is 102 cm³/mol. The summed E-state index contributed by atoms with van der Waals surface area (Å²) in [7, 11) is 0. The Morgan fingerprint density at radius 2 is 1.92 bits per heavy atom. The number of hydrogen-bond donors (Lipinski definition) is 2. The summed E-state index contributed by atoms with van der Waals surface area (Å²) in [5, 5.41) is 6.27. The lowest BCUT2D eigenvalue weighted by Crippen LogP contribution is -2.36. The minimum atomic E-state index is 0. The van der Waals surface area contributed by atoms with Crippen molar-refractivity contribution in [1.82, 2.24) is 10.2 Å². The highest BCUT2D eigenvalue weighted by atomic mass is 35.5. The smallest absolute Gasteiger partial charge is 0.255 e. The summed E-state index contributed by atoms with van der Waals surface area (Å²) in [5.41, 5.74) is 1.25. The van der Waals surface area contributed by atoms with Gasteiger partial charge in [0, 0.05) is 19.5 Å². The van der Waals surface area contributed by atoms with Gasteiger partial charge >= 0.3 is 0 Å². The molecule has 2 aliphatic heterocycles. The van der Waals surface area contributed by atoms with Crippen LogP contribution in [0.1, 0.15) is 48.9 Å². The topological polar surface area (TPSA) is 61.4 Å². The maximum Gasteiger partial charge on any atom is 0.255 e. The summed E-state index contributed by atoms with van der Waals surface area (Å²) in [4.78, 5) is 26.9. The summed E-state index contributed by atoms with van der Waals surface area (Å²) in [6.45, 7) is 3.70. The van der Waals surface area contributed by atoms with Crippen LogP contribution in [0, 0.1) is 5.92 Å². The van der Waals surface area contributed by atoms with Gasteiger partial charge in [0.15, 0.2) is 0 Å². The van der Waals surface area contributed by atoms with Crippen molar-refractivity contribution in [1.29, 1.82) is 0 Å². The normalized spacial score (nSPS) is 20.0. The lowest BCUT2D eigenvalue weighted by molar-refractivity contribution is -0.116. The monoisotopic (exact) mass is 365 g/mol. The maximum absolute atomic E-state index is 12.7. The van der Waals surface area contributed by atoms with Gasteiger partial charge in [0.25, 0.3) is 5.91 Å². The number of halogens is 1. The number of nitrogens with one attached hydrogen (secondary N) is 2. The first-order valence-corrected chi connectivity index (χ1v) is 9.13. The van der Waals surface area contributed by atoms with Crippen molar-refractivity contribution < 1.29 is 9.59 Å². The van der Waals surface area contributed by atoms with Gasteiger partial charge in [-0.05, 0) is 63.2 Å². The van der Waals surface area contributed by atoms with E-state index in [1.807, 2.05) is 29.2 Å². The molecule has 2 heterocycles. The number of anilines is 1. The predicted octanol–water partition coefficient (Wildman–Crippen LogP) is 3.06. The zero-order valence-electron chi connectivity index (χ0n) is 14.6. The Bertz CT molecular complexity index is 582. The van der Waals surface area contributed by atoms with Gasteiger partial charge in [0.1, 0.15) is 0 Å². The molecular formula is C19H28ClN3O2. The van der Waals surface area contributed by atoms with Crippen molar-refractivity contribution in [2.24, 2.45) is 5.92 Å². The van der Waals surface area contributed by atoms with E-state index in [4.69, 9.17) is 0 Å². The number of rotatable bonds is 5. The van der Waals surface area contributed by atoms with E-state index in [0.717, 1.165) is 51.9 Å². The summed E-state index contributed by atoms with van der Waals surface area (Å²) in [6, 6.07) is 7.36. The van der Waals surface area contributed by atoms with Crippen LogP contribution in [-0.2, 0) is 4.79 Å². The minimum Gasteiger partial charge on any atom is -0.339 e. The fraction of sp³-hybridized carbons (Fsp3) is 0.579. The summed E-state index contributed by atoms with van der Waals surface area (Å²) in [5.74, 6) is 0.632. The molecule has 2 amide bonds. The lowest BCUT2D eigenvalue weighted by Gasteiger charge is -2.27. The Morgan fingerprint density at radius 3 is 2.64 bits per heavy atom. The third-order valence-electron chi connectivity index (χ3n) is 5.02. The third kappa shape index (κ3) is 5.44. The third-order valence-corrected chi connectivity index (χ3v) is 5.02. The Morgan fingerprint density at radius 1 is 1.16 bits per heavy atom. The van der Waals surface area contributed by atoms with Crippen LogP contribution in [0.4, 0.5) is 5.69 Å². The first-order chi connectivity index (χ1) is 11.7. The van der Waals surface area contributed by atoms with Crippen molar-refractivity contribution in [2.75, 3.05) is 31.5 Å². The SMILES string of the molecule is Cl.O=C(CCC1CCNC1)Nc1ccccc1C(=O)N1CCCCC1. The Kier molecular flexibility index (Phi) is 7.72. The zero-order chi connectivity index (χ0) is 16.8. The molecule has 3 rings (SSSR count). The van der Waals surface area contributed by atoms with Crippen LogP contribution in [0.2, 0.25) is 0 Å². The van der Waals surface area contributed by atoms with Crippen molar-refractivity contribution in [3.63, 3.8) is 0 Å². The molecule has 1 unspecified atom stereocenters. The molecule has 1 atom stereocenters. The van der Waals surface area contributed by atoms with Gasteiger partial charge in [-0.1, -0.05) is 12.1 Å². The number of hydrogen-bond acceptors (Lipinski definition) is 3. The van der Waals surface area contributed by atoms with Crippen molar-refractivity contribution in [3.05, 3.63) is 29.8 Å². The molecule has 2 aliphatic rings. The van der Waals surface area contributed by atoms with E-state index >= 15 is 0 Å². The second kappa shape index (κ2) is 9.78. The second-order valence-corrected chi connectivity index (χ2v) is 6.84. The van der Waals surface area contributed by atoms with E-state index in [1.54, 1.807) is 0 Å². The average Bonchev–Trinajstić information content (AvgIpc) is 3.14. The fourth-order valence-electron chi connectivity index (χ4n) is 3.55. The highest BCUT2D eigenvalue weighted by Crippen LogP contribution is 2.21. The van der Waals surface area contributed by atoms with E-state index in [-0.39, 0.29) is 24.2 Å². The Hall–Kier alpha value is -1.59. The highest BCUT2D eigenvalue weighted by Gasteiger charge is 2.21. The molecule has 0 aromatic heterocycles. The molecule has 0 bridgehead atoms. The molecule has 138 valence electrons. The minimum absolute atomic E-state index is 0. The zero-order valence-corrected chi connectivity index (χ0v) is 15.4. The Labute approximate surface area is 155 Å². The average molecular weight is 366 g/mol. The van der Waals surface area contributed by atoms with Crippen LogP contribution in [0.25, 0.3) is 0 Å². The molecule has 0 aliphatic carbocycles. The molecular weight excluding hydrogens is 338 g/mol. The molecule has 2 fully saturated rings. The number of carbonyl (C=O) groups excluding carboxylic acids is 2. The van der Waals surface area contributed by atoms with Gasteiger partial charge in [-0.3, -0.25) is 9.59 Å². The quantitative estimate of drug-likeness (QED) is 0.843.